The molecule has 1 aliphatic heterocycles. The van der Waals surface area contributed by atoms with Gasteiger partial charge in [-0.3, -0.25) is 34.9 Å². The molecule has 162 valence electrons. The Labute approximate surface area is 179 Å². The van der Waals surface area contributed by atoms with Crippen LogP contribution in [-0.2, 0) is 4.79 Å². The minimum absolute atomic E-state index is 0.0602. The average molecular weight is 425 g/mol. The van der Waals surface area contributed by atoms with Gasteiger partial charge in [0.1, 0.15) is 0 Å². The molecule has 9 heteroatoms. The summed E-state index contributed by atoms with van der Waals surface area (Å²) in [6, 6.07) is 11.1. The Hall–Kier alpha value is -3.88. The summed E-state index contributed by atoms with van der Waals surface area (Å²) < 4.78 is 10.8. The summed E-state index contributed by atoms with van der Waals surface area (Å²) in [4.78, 5) is 50.1. The lowest BCUT2D eigenvalue weighted by atomic mass is 10.1. The predicted molar refractivity (Wildman–Crippen MR) is 111 cm³/mol. The molecule has 0 bridgehead atoms. The summed E-state index contributed by atoms with van der Waals surface area (Å²) >= 11 is 0. The van der Waals surface area contributed by atoms with Crippen molar-refractivity contribution in [3.63, 3.8) is 0 Å². The van der Waals surface area contributed by atoms with Gasteiger partial charge in [-0.05, 0) is 44.2 Å². The lowest BCUT2D eigenvalue weighted by Crippen LogP contribution is -2.43. The van der Waals surface area contributed by atoms with Crippen LogP contribution in [-0.4, -0.2) is 48.3 Å². The number of hydrogen-bond acceptors (Lipinski definition) is 6. The van der Waals surface area contributed by atoms with Crippen LogP contribution < -0.4 is 20.3 Å². The van der Waals surface area contributed by atoms with Gasteiger partial charge in [0.15, 0.2) is 11.5 Å². The van der Waals surface area contributed by atoms with Crippen LogP contribution >= 0.6 is 0 Å². The second-order valence-corrected chi connectivity index (χ2v) is 7.09. The molecule has 3 rings (SSSR count). The van der Waals surface area contributed by atoms with Gasteiger partial charge in [0.25, 0.3) is 17.7 Å². The van der Waals surface area contributed by atoms with Crippen LogP contribution in [0.2, 0.25) is 0 Å². The van der Waals surface area contributed by atoms with E-state index in [0.717, 1.165) is 4.90 Å². The molecule has 0 aliphatic carbocycles. The van der Waals surface area contributed by atoms with Gasteiger partial charge in [0.2, 0.25) is 5.91 Å². The number of amides is 4. The smallest absolute Gasteiger partial charge is 0.269 e. The molecule has 0 unspecified atom stereocenters. The molecule has 0 radical (unpaired) electrons. The number of carbonyl (C=O) groups is 4. The summed E-state index contributed by atoms with van der Waals surface area (Å²) in [5, 5.41) is 0. The van der Waals surface area contributed by atoms with E-state index in [1.54, 1.807) is 36.4 Å². The Morgan fingerprint density at radius 3 is 2.19 bits per heavy atom. The van der Waals surface area contributed by atoms with Crippen molar-refractivity contribution in [3.05, 3.63) is 59.2 Å². The number of nitrogens with zero attached hydrogens (tertiary/aromatic N) is 1. The third kappa shape index (κ3) is 4.82. The van der Waals surface area contributed by atoms with E-state index in [1.165, 1.54) is 13.2 Å². The zero-order chi connectivity index (χ0) is 22.5. The third-order valence-electron chi connectivity index (χ3n) is 4.54. The Kier molecular flexibility index (Phi) is 6.54. The van der Waals surface area contributed by atoms with E-state index in [0.29, 0.717) is 22.6 Å². The lowest BCUT2D eigenvalue weighted by Gasteiger charge is -2.15. The molecule has 1 aliphatic rings. The number of methoxy groups -OCH3 is 1. The second-order valence-electron chi connectivity index (χ2n) is 7.09. The van der Waals surface area contributed by atoms with E-state index in [4.69, 9.17) is 9.47 Å². The highest BCUT2D eigenvalue weighted by Crippen LogP contribution is 2.29. The Morgan fingerprint density at radius 1 is 0.968 bits per heavy atom. The van der Waals surface area contributed by atoms with Gasteiger partial charge in [0, 0.05) is 18.5 Å². The van der Waals surface area contributed by atoms with E-state index in [1.807, 2.05) is 13.8 Å². The Balaban J connectivity index is 1.53. The highest BCUT2D eigenvalue weighted by atomic mass is 16.5. The van der Waals surface area contributed by atoms with E-state index in [2.05, 4.69) is 10.9 Å². The molecule has 31 heavy (non-hydrogen) atoms. The molecule has 2 aromatic rings. The van der Waals surface area contributed by atoms with Crippen LogP contribution in [0, 0.1) is 0 Å². The normalized spacial score (nSPS) is 12.6. The summed E-state index contributed by atoms with van der Waals surface area (Å²) in [6.45, 7) is 3.65. The molecule has 0 aromatic heterocycles. The maximum atomic E-state index is 12.3. The first-order valence-electron chi connectivity index (χ1n) is 9.71. The molecule has 2 N–H and O–H groups in total. The van der Waals surface area contributed by atoms with Crippen LogP contribution in [0.3, 0.4) is 0 Å². The summed E-state index contributed by atoms with van der Waals surface area (Å²) in [5.41, 5.74) is 5.48. The molecule has 2 aromatic carbocycles. The lowest BCUT2D eigenvalue weighted by molar-refractivity contribution is -0.121. The number of carbonyl (C=O) groups excluding carboxylic acids is 4. The standard InChI is InChI=1S/C22H23N3O6/c1-13(2)31-17-9-8-14(12-18(17)30-3)20(27)24-23-19(26)10-11-25-21(28)15-6-4-5-7-16(15)22(25)29/h4-9,12-13H,10-11H2,1-3H3,(H,23,26)(H,24,27). The number of hydrogen-bond donors (Lipinski definition) is 2. The first kappa shape index (κ1) is 21.8. The summed E-state index contributed by atoms with van der Waals surface area (Å²) in [7, 11) is 1.46. The number of rotatable bonds is 7. The number of benzene rings is 2. The van der Waals surface area contributed by atoms with Crippen LogP contribution in [0.25, 0.3) is 0 Å². The van der Waals surface area contributed by atoms with Crippen molar-refractivity contribution in [1.29, 1.82) is 0 Å². The first-order valence-corrected chi connectivity index (χ1v) is 9.71. The van der Waals surface area contributed by atoms with Crippen LogP contribution in [0.15, 0.2) is 42.5 Å². The maximum Gasteiger partial charge on any atom is 0.269 e. The molecule has 0 saturated carbocycles. The van der Waals surface area contributed by atoms with Crippen LogP contribution in [0.1, 0.15) is 51.3 Å². The fraction of sp³-hybridized carbons (Fsp3) is 0.273. The minimum atomic E-state index is -0.552. The maximum absolute atomic E-state index is 12.3. The quantitative estimate of drug-likeness (QED) is 0.518. The number of nitrogens with one attached hydrogen (secondary N) is 2. The molecule has 0 fully saturated rings. The van der Waals surface area contributed by atoms with Gasteiger partial charge in [-0.15, -0.1) is 0 Å². The first-order chi connectivity index (χ1) is 14.8. The SMILES string of the molecule is COc1cc(C(=O)NNC(=O)CCN2C(=O)c3ccccc3C2=O)ccc1OC(C)C. The van der Waals surface area contributed by atoms with E-state index < -0.39 is 23.6 Å². The predicted octanol–water partition coefficient (Wildman–Crippen LogP) is 1.93. The highest BCUT2D eigenvalue weighted by Gasteiger charge is 2.34. The Morgan fingerprint density at radius 2 is 1.61 bits per heavy atom. The van der Waals surface area contributed by atoms with Gasteiger partial charge in [-0.1, -0.05) is 12.1 Å². The Bertz CT molecular complexity index is 999. The molecule has 0 spiro atoms. The molecule has 4 amide bonds. The van der Waals surface area contributed by atoms with Crippen molar-refractivity contribution in [3.8, 4) is 11.5 Å². The minimum Gasteiger partial charge on any atom is -0.493 e. The molecule has 1 heterocycles. The fourth-order valence-corrected chi connectivity index (χ4v) is 3.08. The zero-order valence-corrected chi connectivity index (χ0v) is 17.4. The van der Waals surface area contributed by atoms with Crippen molar-refractivity contribution in [2.75, 3.05) is 13.7 Å². The number of ether oxygens (including phenoxy) is 2. The van der Waals surface area contributed by atoms with Gasteiger partial charge >= 0.3 is 0 Å². The number of hydrazine groups is 1. The summed E-state index contributed by atoms with van der Waals surface area (Å²) in [6.07, 6.45) is -0.217. The van der Waals surface area contributed by atoms with Crippen molar-refractivity contribution in [2.45, 2.75) is 26.4 Å². The topological polar surface area (TPSA) is 114 Å². The second kappa shape index (κ2) is 9.29. The molecule has 9 nitrogen and oxygen atoms in total. The number of imide groups is 1. The monoisotopic (exact) mass is 425 g/mol. The van der Waals surface area contributed by atoms with E-state index in [9.17, 15) is 19.2 Å². The number of fused-ring (bicyclic) bond motifs is 1. The molecule has 0 atom stereocenters. The summed E-state index contributed by atoms with van der Waals surface area (Å²) in [5.74, 6) is -1.08. The average Bonchev–Trinajstić information content (AvgIpc) is 3.00. The van der Waals surface area contributed by atoms with Gasteiger partial charge < -0.3 is 9.47 Å². The van der Waals surface area contributed by atoms with Crippen LogP contribution in [0.4, 0.5) is 0 Å². The van der Waals surface area contributed by atoms with Gasteiger partial charge in [-0.25, -0.2) is 0 Å². The van der Waals surface area contributed by atoms with Crippen molar-refractivity contribution < 1.29 is 28.7 Å². The molecular weight excluding hydrogens is 402 g/mol. The largest absolute Gasteiger partial charge is 0.493 e. The van der Waals surface area contributed by atoms with Crippen molar-refractivity contribution in [2.24, 2.45) is 0 Å². The van der Waals surface area contributed by atoms with Gasteiger partial charge in [-0.2, -0.15) is 0 Å². The van der Waals surface area contributed by atoms with Crippen LogP contribution in [0.5, 0.6) is 11.5 Å². The zero-order valence-electron chi connectivity index (χ0n) is 17.4. The van der Waals surface area contributed by atoms with Gasteiger partial charge in [0.05, 0.1) is 24.3 Å². The third-order valence-corrected chi connectivity index (χ3v) is 4.54. The molecular formula is C22H23N3O6. The van der Waals surface area contributed by atoms with Crippen molar-refractivity contribution >= 4 is 23.6 Å². The van der Waals surface area contributed by atoms with E-state index >= 15 is 0 Å². The highest BCUT2D eigenvalue weighted by molar-refractivity contribution is 6.21. The fourth-order valence-electron chi connectivity index (χ4n) is 3.08. The van der Waals surface area contributed by atoms with Crippen molar-refractivity contribution in [1.82, 2.24) is 15.8 Å². The molecule has 0 saturated heterocycles. The van der Waals surface area contributed by atoms with E-state index in [-0.39, 0.29) is 24.6 Å².